The van der Waals surface area contributed by atoms with Crippen LogP contribution in [0.25, 0.3) is 0 Å². The van der Waals surface area contributed by atoms with Crippen molar-refractivity contribution in [1.29, 1.82) is 0 Å². The second kappa shape index (κ2) is 10.8. The van der Waals surface area contributed by atoms with Crippen molar-refractivity contribution in [1.82, 2.24) is 0 Å². The molecule has 3 aromatic carbocycles. The van der Waals surface area contributed by atoms with Crippen molar-refractivity contribution in [2.75, 3.05) is 30.9 Å². The minimum Gasteiger partial charge on any atom is -0.495 e. The number of carbonyl (C=O) groups is 1. The first-order valence-corrected chi connectivity index (χ1v) is 12.1. The lowest BCUT2D eigenvalue weighted by Gasteiger charge is -2.15. The Morgan fingerprint density at radius 3 is 2.36 bits per heavy atom. The zero-order valence-corrected chi connectivity index (χ0v) is 20.2. The Labute approximate surface area is 202 Å². The molecule has 10 heteroatoms. The molecule has 0 unspecified atom stereocenters. The molecule has 3 rings (SSSR count). The van der Waals surface area contributed by atoms with Crippen molar-refractivity contribution in [3.8, 4) is 11.5 Å². The molecule has 0 aliphatic heterocycles. The van der Waals surface area contributed by atoms with Crippen LogP contribution in [0.4, 0.5) is 11.4 Å². The lowest BCUT2D eigenvalue weighted by Crippen LogP contribution is -2.22. The van der Waals surface area contributed by atoms with E-state index in [-0.39, 0.29) is 27.9 Å². The summed E-state index contributed by atoms with van der Waals surface area (Å²) in [4.78, 5) is 12.5. The summed E-state index contributed by atoms with van der Waals surface area (Å²) in [6.07, 6.45) is 0. The average molecular weight is 509 g/mol. The zero-order chi connectivity index (χ0) is 24.0. The lowest BCUT2D eigenvalue weighted by molar-refractivity contribution is -0.114. The molecule has 0 aromatic heterocycles. The van der Waals surface area contributed by atoms with E-state index in [0.717, 1.165) is 0 Å². The maximum Gasteiger partial charge on any atom is 0.243 e. The van der Waals surface area contributed by atoms with Crippen LogP contribution in [0.15, 0.2) is 70.5 Å². The van der Waals surface area contributed by atoms with Gasteiger partial charge in [0.2, 0.25) is 15.7 Å². The molecule has 2 N–H and O–H groups in total. The van der Waals surface area contributed by atoms with Crippen LogP contribution < -0.4 is 20.1 Å². The van der Waals surface area contributed by atoms with Crippen LogP contribution in [0.3, 0.4) is 0 Å². The molecule has 0 aliphatic rings. The number of methoxy groups -OCH3 is 1. The number of hydrogen-bond acceptors (Lipinski definition) is 6. The van der Waals surface area contributed by atoms with Crippen LogP contribution in [0.1, 0.15) is 6.92 Å². The Hall–Kier alpha value is -2.94. The predicted octanol–water partition coefficient (Wildman–Crippen LogP) is 5.28. The maximum atomic E-state index is 13.3. The molecule has 0 aliphatic carbocycles. The number of hydrogen-bond donors (Lipinski definition) is 2. The van der Waals surface area contributed by atoms with Gasteiger partial charge >= 0.3 is 0 Å². The summed E-state index contributed by atoms with van der Waals surface area (Å²) in [5.74, 6) is 0.493. The highest BCUT2D eigenvalue weighted by atomic mass is 35.5. The number of benzene rings is 3. The smallest absolute Gasteiger partial charge is 0.243 e. The fourth-order valence-corrected chi connectivity index (χ4v) is 4.83. The largest absolute Gasteiger partial charge is 0.495 e. The van der Waals surface area contributed by atoms with Crippen molar-refractivity contribution >= 4 is 50.3 Å². The normalized spacial score (nSPS) is 11.0. The van der Waals surface area contributed by atoms with Crippen molar-refractivity contribution in [2.45, 2.75) is 16.7 Å². The maximum absolute atomic E-state index is 13.3. The van der Waals surface area contributed by atoms with Gasteiger partial charge in [-0.1, -0.05) is 23.2 Å². The molecule has 0 saturated heterocycles. The molecular formula is C23H22Cl2N2O5S. The summed E-state index contributed by atoms with van der Waals surface area (Å²) in [6.45, 7) is 2.00. The van der Waals surface area contributed by atoms with Gasteiger partial charge in [0.25, 0.3) is 0 Å². The van der Waals surface area contributed by atoms with Crippen LogP contribution in [0.2, 0.25) is 10.0 Å². The number of nitrogens with one attached hydrogen (secondary N) is 2. The van der Waals surface area contributed by atoms with E-state index in [1.165, 1.54) is 37.4 Å². The van der Waals surface area contributed by atoms with Crippen molar-refractivity contribution < 1.29 is 22.7 Å². The van der Waals surface area contributed by atoms with Gasteiger partial charge in [-0.05, 0) is 61.5 Å². The molecule has 33 heavy (non-hydrogen) atoms. The molecule has 0 radical (unpaired) electrons. The number of halogens is 2. The Kier molecular flexibility index (Phi) is 8.07. The number of sulfone groups is 1. The monoisotopic (exact) mass is 508 g/mol. The average Bonchev–Trinajstić information content (AvgIpc) is 2.79. The van der Waals surface area contributed by atoms with E-state index in [9.17, 15) is 13.2 Å². The van der Waals surface area contributed by atoms with E-state index < -0.39 is 9.84 Å². The summed E-state index contributed by atoms with van der Waals surface area (Å²) >= 11 is 12.0. The van der Waals surface area contributed by atoms with Gasteiger partial charge in [-0.2, -0.15) is 0 Å². The summed E-state index contributed by atoms with van der Waals surface area (Å²) in [5, 5.41) is 6.37. The fraction of sp³-hybridized carbons (Fsp3) is 0.174. The van der Waals surface area contributed by atoms with E-state index in [1.807, 2.05) is 0 Å². The Morgan fingerprint density at radius 1 is 1.00 bits per heavy atom. The number of rotatable bonds is 9. The quantitative estimate of drug-likeness (QED) is 0.408. The zero-order valence-electron chi connectivity index (χ0n) is 17.9. The highest BCUT2D eigenvalue weighted by Gasteiger charge is 2.23. The standard InChI is InChI=1S/C23H22Cl2N2O5S/c1-3-32-17-7-10-20(22(13-17)33(29,30)18-8-4-15(24)5-9-18)26-14-23(28)27-16-6-11-21(31-2)19(25)12-16/h4-13,26H,3,14H2,1-2H3,(H,27,28). The highest BCUT2D eigenvalue weighted by Crippen LogP contribution is 2.32. The third-order valence-electron chi connectivity index (χ3n) is 4.55. The van der Waals surface area contributed by atoms with Gasteiger partial charge in [-0.25, -0.2) is 8.42 Å². The minimum atomic E-state index is -3.91. The van der Waals surface area contributed by atoms with Gasteiger partial charge < -0.3 is 20.1 Å². The van der Waals surface area contributed by atoms with Crippen LogP contribution in [-0.4, -0.2) is 34.6 Å². The highest BCUT2D eigenvalue weighted by molar-refractivity contribution is 7.91. The summed E-state index contributed by atoms with van der Waals surface area (Å²) in [6, 6.07) is 15.3. The van der Waals surface area contributed by atoms with E-state index in [0.29, 0.717) is 33.8 Å². The van der Waals surface area contributed by atoms with Gasteiger partial charge in [-0.15, -0.1) is 0 Å². The van der Waals surface area contributed by atoms with Gasteiger partial charge in [0, 0.05) is 16.8 Å². The van der Waals surface area contributed by atoms with E-state index in [4.69, 9.17) is 32.7 Å². The lowest BCUT2D eigenvalue weighted by atomic mass is 10.3. The Morgan fingerprint density at radius 2 is 1.73 bits per heavy atom. The number of carbonyl (C=O) groups excluding carboxylic acids is 1. The van der Waals surface area contributed by atoms with Gasteiger partial charge in [-0.3, -0.25) is 4.79 Å². The van der Waals surface area contributed by atoms with Gasteiger partial charge in [0.05, 0.1) is 40.8 Å². The molecule has 7 nitrogen and oxygen atoms in total. The van der Waals surface area contributed by atoms with Crippen LogP contribution in [0, 0.1) is 0 Å². The van der Waals surface area contributed by atoms with Crippen LogP contribution >= 0.6 is 23.2 Å². The Balaban J connectivity index is 1.83. The molecule has 3 aromatic rings. The topological polar surface area (TPSA) is 93.7 Å². The fourth-order valence-electron chi connectivity index (χ4n) is 2.99. The minimum absolute atomic E-state index is 0.0175. The first kappa shape index (κ1) is 24.7. The molecule has 0 atom stereocenters. The SMILES string of the molecule is CCOc1ccc(NCC(=O)Nc2ccc(OC)c(Cl)c2)c(S(=O)(=O)c2ccc(Cl)cc2)c1. The molecular weight excluding hydrogens is 487 g/mol. The third-order valence-corrected chi connectivity index (χ3v) is 6.91. The van der Waals surface area contributed by atoms with Crippen LogP contribution in [0.5, 0.6) is 11.5 Å². The summed E-state index contributed by atoms with van der Waals surface area (Å²) in [7, 11) is -2.42. The predicted molar refractivity (Wildman–Crippen MR) is 130 cm³/mol. The Bertz CT molecular complexity index is 1250. The molecule has 0 spiro atoms. The number of amides is 1. The molecule has 0 heterocycles. The van der Waals surface area contributed by atoms with E-state index in [2.05, 4.69) is 10.6 Å². The third kappa shape index (κ3) is 6.10. The molecule has 174 valence electrons. The van der Waals surface area contributed by atoms with E-state index >= 15 is 0 Å². The van der Waals surface area contributed by atoms with Crippen molar-refractivity contribution in [3.63, 3.8) is 0 Å². The first-order chi connectivity index (χ1) is 15.7. The molecule has 0 saturated carbocycles. The second-order valence-electron chi connectivity index (χ2n) is 6.80. The van der Waals surface area contributed by atoms with E-state index in [1.54, 1.807) is 37.3 Å². The van der Waals surface area contributed by atoms with Gasteiger partial charge in [0.15, 0.2) is 0 Å². The molecule has 0 bridgehead atoms. The summed E-state index contributed by atoms with van der Waals surface area (Å²) in [5.41, 5.74) is 0.740. The number of anilines is 2. The van der Waals surface area contributed by atoms with Crippen molar-refractivity contribution in [3.05, 3.63) is 70.7 Å². The van der Waals surface area contributed by atoms with Crippen LogP contribution in [-0.2, 0) is 14.6 Å². The van der Waals surface area contributed by atoms with Crippen molar-refractivity contribution in [2.24, 2.45) is 0 Å². The molecule has 0 fully saturated rings. The number of ether oxygens (including phenoxy) is 2. The van der Waals surface area contributed by atoms with Gasteiger partial charge in [0.1, 0.15) is 11.5 Å². The molecule has 1 amide bonds. The second-order valence-corrected chi connectivity index (χ2v) is 9.56. The first-order valence-electron chi connectivity index (χ1n) is 9.89. The summed E-state index contributed by atoms with van der Waals surface area (Å²) < 4.78 is 37.1.